The van der Waals surface area contributed by atoms with Crippen LogP contribution in [0.5, 0.6) is 5.75 Å². The van der Waals surface area contributed by atoms with E-state index in [0.29, 0.717) is 30.7 Å². The van der Waals surface area contributed by atoms with E-state index in [1.807, 2.05) is 25.1 Å². The zero-order valence-electron chi connectivity index (χ0n) is 10.7. The maximum atomic E-state index is 12.3. The number of carbonyl (C=O) groups is 1. The van der Waals surface area contributed by atoms with Crippen molar-refractivity contribution in [3.8, 4) is 5.75 Å². The first-order chi connectivity index (χ1) is 8.76. The molecule has 0 fully saturated rings. The largest absolute Gasteiger partial charge is 0.497 e. The molecule has 4 heteroatoms. The van der Waals surface area contributed by atoms with E-state index in [1.54, 1.807) is 13.2 Å². The highest BCUT2D eigenvalue weighted by Crippen LogP contribution is 2.30. The molecule has 1 rings (SSSR count). The van der Waals surface area contributed by atoms with E-state index in [2.05, 4.69) is 5.32 Å². The fourth-order valence-electron chi connectivity index (χ4n) is 1.81. The van der Waals surface area contributed by atoms with Crippen molar-refractivity contribution in [2.24, 2.45) is 0 Å². The first-order valence-electron chi connectivity index (χ1n) is 5.86. The Kier molecular flexibility index (Phi) is 5.91. The predicted molar refractivity (Wildman–Crippen MR) is 71.5 cm³/mol. The fraction of sp³-hybridized carbons (Fsp3) is 0.357. The molecule has 0 aliphatic rings. The molecule has 98 valence electrons. The van der Waals surface area contributed by atoms with Gasteiger partial charge in [-0.05, 0) is 37.5 Å². The summed E-state index contributed by atoms with van der Waals surface area (Å²) >= 11 is 0. The lowest BCUT2D eigenvalue weighted by atomic mass is 9.99. The first-order valence-corrected chi connectivity index (χ1v) is 5.86. The Hall–Kier alpha value is -1.84. The van der Waals surface area contributed by atoms with Gasteiger partial charge >= 0.3 is 0 Å². The highest BCUT2D eigenvalue weighted by atomic mass is 19.1. The molecule has 1 aromatic rings. The molecular weight excluding hydrogens is 233 g/mol. The SMILES string of the molecule is C/C=C(/CCCF)c1ccc(OC)cc1NC=O. The van der Waals surface area contributed by atoms with Gasteiger partial charge in [-0.1, -0.05) is 6.08 Å². The zero-order valence-corrected chi connectivity index (χ0v) is 10.7. The Morgan fingerprint density at radius 2 is 2.28 bits per heavy atom. The second-order valence-electron chi connectivity index (χ2n) is 3.78. The van der Waals surface area contributed by atoms with Crippen LogP contribution in [0, 0.1) is 0 Å². The molecule has 0 aliphatic carbocycles. The van der Waals surface area contributed by atoms with E-state index in [9.17, 15) is 9.18 Å². The van der Waals surface area contributed by atoms with Gasteiger partial charge in [0.05, 0.1) is 19.5 Å². The number of hydrogen-bond donors (Lipinski definition) is 1. The number of amides is 1. The van der Waals surface area contributed by atoms with E-state index in [4.69, 9.17) is 4.74 Å². The number of methoxy groups -OCH3 is 1. The molecule has 3 nitrogen and oxygen atoms in total. The van der Waals surface area contributed by atoms with Crippen LogP contribution in [0.2, 0.25) is 0 Å². The summed E-state index contributed by atoms with van der Waals surface area (Å²) in [6.07, 6.45) is 3.69. The van der Waals surface area contributed by atoms with Crippen LogP contribution in [-0.2, 0) is 4.79 Å². The molecule has 18 heavy (non-hydrogen) atoms. The van der Waals surface area contributed by atoms with Crippen molar-refractivity contribution in [1.82, 2.24) is 0 Å². The Bertz CT molecular complexity index is 430. The molecule has 0 saturated heterocycles. The number of carbonyl (C=O) groups excluding carboxylic acids is 1. The summed E-state index contributed by atoms with van der Waals surface area (Å²) in [6, 6.07) is 5.45. The van der Waals surface area contributed by atoms with Crippen molar-refractivity contribution in [3.05, 3.63) is 29.8 Å². The van der Waals surface area contributed by atoms with Gasteiger partial charge in [0, 0.05) is 11.6 Å². The molecule has 0 aromatic heterocycles. The van der Waals surface area contributed by atoms with E-state index in [0.717, 1.165) is 11.1 Å². The van der Waals surface area contributed by atoms with Gasteiger partial charge in [-0.15, -0.1) is 0 Å². The third-order valence-corrected chi connectivity index (χ3v) is 2.72. The second-order valence-corrected chi connectivity index (χ2v) is 3.78. The molecule has 0 spiro atoms. The second kappa shape index (κ2) is 7.48. The van der Waals surface area contributed by atoms with Crippen molar-refractivity contribution in [3.63, 3.8) is 0 Å². The molecule has 0 aliphatic heterocycles. The van der Waals surface area contributed by atoms with E-state index < -0.39 is 0 Å². The molecule has 0 bridgehead atoms. The molecule has 1 amide bonds. The van der Waals surface area contributed by atoms with Gasteiger partial charge < -0.3 is 10.1 Å². The Labute approximate surface area is 107 Å². The normalized spacial score (nSPS) is 11.2. The van der Waals surface area contributed by atoms with Crippen molar-refractivity contribution < 1.29 is 13.9 Å². The minimum Gasteiger partial charge on any atom is -0.497 e. The average Bonchev–Trinajstić information content (AvgIpc) is 2.41. The van der Waals surface area contributed by atoms with E-state index in [-0.39, 0.29) is 6.67 Å². The molecule has 1 N–H and O–H groups in total. The number of nitrogens with one attached hydrogen (secondary N) is 1. The van der Waals surface area contributed by atoms with Gasteiger partial charge in [0.2, 0.25) is 6.41 Å². The fourth-order valence-corrected chi connectivity index (χ4v) is 1.81. The summed E-state index contributed by atoms with van der Waals surface area (Å²) in [6.45, 7) is 1.56. The highest BCUT2D eigenvalue weighted by Gasteiger charge is 2.08. The quantitative estimate of drug-likeness (QED) is 0.754. The smallest absolute Gasteiger partial charge is 0.211 e. The number of ether oxygens (including phenoxy) is 1. The van der Waals surface area contributed by atoms with Crippen LogP contribution in [-0.4, -0.2) is 20.2 Å². The molecule has 0 unspecified atom stereocenters. The third kappa shape index (κ3) is 3.58. The Balaban J connectivity index is 3.08. The number of benzene rings is 1. The van der Waals surface area contributed by atoms with Crippen molar-refractivity contribution in [2.75, 3.05) is 19.1 Å². The van der Waals surface area contributed by atoms with Crippen molar-refractivity contribution in [2.45, 2.75) is 19.8 Å². The van der Waals surface area contributed by atoms with Crippen LogP contribution >= 0.6 is 0 Å². The van der Waals surface area contributed by atoms with E-state index >= 15 is 0 Å². The van der Waals surface area contributed by atoms with Gasteiger partial charge in [-0.2, -0.15) is 0 Å². The maximum Gasteiger partial charge on any atom is 0.211 e. The van der Waals surface area contributed by atoms with Crippen molar-refractivity contribution in [1.29, 1.82) is 0 Å². The number of hydrogen-bond acceptors (Lipinski definition) is 2. The lowest BCUT2D eigenvalue weighted by molar-refractivity contribution is -0.105. The maximum absolute atomic E-state index is 12.3. The van der Waals surface area contributed by atoms with Gasteiger partial charge in [-0.3, -0.25) is 9.18 Å². The first kappa shape index (κ1) is 14.2. The van der Waals surface area contributed by atoms with Crippen LogP contribution in [0.1, 0.15) is 25.3 Å². The summed E-state index contributed by atoms with van der Waals surface area (Å²) < 4.78 is 17.4. The van der Waals surface area contributed by atoms with Crippen molar-refractivity contribution >= 4 is 17.7 Å². The number of halogens is 1. The topological polar surface area (TPSA) is 38.3 Å². The highest BCUT2D eigenvalue weighted by molar-refractivity contribution is 5.83. The van der Waals surface area contributed by atoms with E-state index in [1.165, 1.54) is 0 Å². The van der Waals surface area contributed by atoms with Gasteiger partial charge in [0.25, 0.3) is 0 Å². The summed E-state index contributed by atoms with van der Waals surface area (Å²) in [5.74, 6) is 0.670. The van der Waals surface area contributed by atoms with Crippen LogP contribution < -0.4 is 10.1 Å². The Morgan fingerprint density at radius 1 is 1.50 bits per heavy atom. The summed E-state index contributed by atoms with van der Waals surface area (Å²) in [5.41, 5.74) is 2.59. The lowest BCUT2D eigenvalue weighted by Crippen LogP contribution is -2.00. The number of anilines is 1. The number of alkyl halides is 1. The number of allylic oxidation sites excluding steroid dienone is 2. The summed E-state index contributed by atoms with van der Waals surface area (Å²) in [4.78, 5) is 10.6. The molecule has 0 heterocycles. The Morgan fingerprint density at radius 3 is 2.83 bits per heavy atom. The molecule has 0 radical (unpaired) electrons. The monoisotopic (exact) mass is 251 g/mol. The average molecular weight is 251 g/mol. The zero-order chi connectivity index (χ0) is 13.4. The van der Waals surface area contributed by atoms with Crippen LogP contribution in [0.4, 0.5) is 10.1 Å². The van der Waals surface area contributed by atoms with Gasteiger partial charge in [0.1, 0.15) is 5.75 Å². The van der Waals surface area contributed by atoms with Crippen LogP contribution in [0.15, 0.2) is 24.3 Å². The van der Waals surface area contributed by atoms with Crippen LogP contribution in [0.25, 0.3) is 5.57 Å². The minimum atomic E-state index is -0.343. The predicted octanol–water partition coefficient (Wildman–Crippen LogP) is 3.42. The van der Waals surface area contributed by atoms with Crippen LogP contribution in [0.3, 0.4) is 0 Å². The van der Waals surface area contributed by atoms with Gasteiger partial charge in [-0.25, -0.2) is 0 Å². The third-order valence-electron chi connectivity index (χ3n) is 2.72. The molecule has 1 aromatic carbocycles. The molecule has 0 atom stereocenters. The molecule has 0 saturated carbocycles. The van der Waals surface area contributed by atoms with Gasteiger partial charge in [0.15, 0.2) is 0 Å². The number of rotatable bonds is 7. The minimum absolute atomic E-state index is 0.343. The standard InChI is InChI=1S/C14H18FNO2/c1-3-11(5-4-8-15)13-7-6-12(18-2)9-14(13)16-10-17/h3,6-7,9-10H,4-5,8H2,1-2H3,(H,16,17)/b11-3-. The lowest BCUT2D eigenvalue weighted by Gasteiger charge is -2.13. The molecular formula is C14H18FNO2. The summed E-state index contributed by atoms with van der Waals surface area (Å²) in [7, 11) is 1.57. The summed E-state index contributed by atoms with van der Waals surface area (Å²) in [5, 5.41) is 2.65.